The van der Waals surface area contributed by atoms with Crippen LogP contribution in [0.15, 0.2) is 12.2 Å². The number of carboxylic acids is 1. The molecule has 1 unspecified atom stereocenters. The van der Waals surface area contributed by atoms with E-state index in [1.807, 2.05) is 0 Å². The summed E-state index contributed by atoms with van der Waals surface area (Å²) in [5.41, 5.74) is 5.06. The quantitative estimate of drug-likeness (QED) is 0.375. The highest BCUT2D eigenvalue weighted by atomic mass is 16.6. The zero-order valence-electron chi connectivity index (χ0n) is 8.56. The zero-order chi connectivity index (χ0) is 11.8. The third-order valence-corrected chi connectivity index (χ3v) is 1.53. The second-order valence-corrected chi connectivity index (χ2v) is 2.85. The van der Waals surface area contributed by atoms with E-state index in [-0.39, 0.29) is 18.6 Å². The fraction of sp³-hybridized carbons (Fsp3) is 0.556. The first-order chi connectivity index (χ1) is 7.01. The summed E-state index contributed by atoms with van der Waals surface area (Å²) < 4.78 is 9.35. The van der Waals surface area contributed by atoms with Crippen molar-refractivity contribution in [1.29, 1.82) is 0 Å². The normalized spacial score (nSPS) is 17.1. The highest BCUT2D eigenvalue weighted by molar-refractivity contribution is 5.87. The van der Waals surface area contributed by atoms with E-state index in [4.69, 9.17) is 9.84 Å². The van der Waals surface area contributed by atoms with Gasteiger partial charge in [-0.2, -0.15) is 0 Å². The van der Waals surface area contributed by atoms with Crippen LogP contribution in [0.3, 0.4) is 0 Å². The molecule has 0 aliphatic carbocycles. The van der Waals surface area contributed by atoms with Crippen molar-refractivity contribution >= 4 is 11.9 Å². The van der Waals surface area contributed by atoms with Crippen molar-refractivity contribution in [3.63, 3.8) is 0 Å². The zero-order valence-corrected chi connectivity index (χ0v) is 8.56. The Bertz CT molecular complexity index is 247. The summed E-state index contributed by atoms with van der Waals surface area (Å²) >= 11 is 0. The fourth-order valence-corrected chi connectivity index (χ4v) is 0.688. The topological polar surface area (TPSA) is 102 Å². The molecule has 1 fully saturated rings. The Morgan fingerprint density at radius 1 is 1.67 bits per heavy atom. The largest absolute Gasteiger partial charge is 0.480 e. The van der Waals surface area contributed by atoms with Crippen LogP contribution in [0.5, 0.6) is 0 Å². The molecule has 0 radical (unpaired) electrons. The van der Waals surface area contributed by atoms with Gasteiger partial charge in [-0.25, -0.2) is 4.79 Å². The number of carboxylic acid groups (broad SMARTS) is 1. The lowest BCUT2D eigenvalue weighted by molar-refractivity contribution is -0.136. The maximum Gasteiger partial charge on any atom is 0.333 e. The number of epoxide rings is 1. The average Bonchev–Trinajstić information content (AvgIpc) is 3.01. The summed E-state index contributed by atoms with van der Waals surface area (Å²) in [6.07, 6.45) is 0.818. The predicted octanol–water partition coefficient (Wildman–Crippen LogP) is -0.466. The molecule has 1 aliphatic heterocycles. The van der Waals surface area contributed by atoms with E-state index in [0.717, 1.165) is 6.61 Å². The fourth-order valence-electron chi connectivity index (χ4n) is 0.688. The summed E-state index contributed by atoms with van der Waals surface area (Å²) in [7, 11) is 1.35. The third-order valence-electron chi connectivity index (χ3n) is 1.53. The van der Waals surface area contributed by atoms with E-state index < -0.39 is 5.97 Å². The number of carbonyl (C=O) groups excluding carboxylic acids is 1. The van der Waals surface area contributed by atoms with E-state index in [2.05, 4.69) is 17.0 Å². The Morgan fingerprint density at radius 2 is 2.13 bits per heavy atom. The van der Waals surface area contributed by atoms with Gasteiger partial charge in [-0.1, -0.05) is 6.58 Å². The molecule has 0 saturated carbocycles. The van der Waals surface area contributed by atoms with Crippen LogP contribution in [0.1, 0.15) is 6.42 Å². The Kier molecular flexibility index (Phi) is 6.32. The highest BCUT2D eigenvalue weighted by Crippen LogP contribution is 2.18. The molecule has 6 nitrogen and oxygen atoms in total. The van der Waals surface area contributed by atoms with Crippen molar-refractivity contribution in [2.45, 2.75) is 12.5 Å². The van der Waals surface area contributed by atoms with Gasteiger partial charge in [0.1, 0.15) is 0 Å². The van der Waals surface area contributed by atoms with E-state index in [0.29, 0.717) is 12.0 Å². The van der Waals surface area contributed by atoms with Crippen LogP contribution < -0.4 is 5.73 Å². The highest BCUT2D eigenvalue weighted by Gasteiger charge is 2.25. The van der Waals surface area contributed by atoms with Gasteiger partial charge in [0, 0.05) is 12.0 Å². The molecular weight excluding hydrogens is 202 g/mol. The molecule has 0 aromatic rings. The number of aliphatic carboxylic acids is 1. The minimum absolute atomic E-state index is 0.214. The van der Waals surface area contributed by atoms with Gasteiger partial charge in [0.15, 0.2) is 0 Å². The van der Waals surface area contributed by atoms with Gasteiger partial charge in [-0.3, -0.25) is 4.79 Å². The molecule has 1 heterocycles. The molecule has 15 heavy (non-hydrogen) atoms. The maximum absolute atomic E-state index is 10.7. The molecule has 0 aromatic heterocycles. The molecule has 1 rings (SSSR count). The van der Waals surface area contributed by atoms with E-state index in [9.17, 15) is 9.59 Å². The first-order valence-corrected chi connectivity index (χ1v) is 4.30. The van der Waals surface area contributed by atoms with Crippen molar-refractivity contribution in [3.8, 4) is 0 Å². The van der Waals surface area contributed by atoms with E-state index in [1.54, 1.807) is 0 Å². The Balaban J connectivity index is 0.000000336. The lowest BCUT2D eigenvalue weighted by Crippen LogP contribution is -2.10. The molecule has 0 amide bonds. The number of methoxy groups -OCH3 is 1. The molecule has 0 spiro atoms. The first-order valence-electron chi connectivity index (χ1n) is 4.30. The molecular formula is C9H15NO5. The minimum Gasteiger partial charge on any atom is -0.480 e. The van der Waals surface area contributed by atoms with Gasteiger partial charge in [0.25, 0.3) is 0 Å². The molecule has 86 valence electrons. The van der Waals surface area contributed by atoms with Crippen LogP contribution in [0.25, 0.3) is 0 Å². The summed E-state index contributed by atoms with van der Waals surface area (Å²) in [6, 6.07) is 0. The number of hydrogen-bond acceptors (Lipinski definition) is 5. The predicted molar refractivity (Wildman–Crippen MR) is 52.2 cm³/mol. The molecule has 1 aliphatic rings. The number of ether oxygens (including phenoxy) is 2. The molecule has 1 atom stereocenters. The van der Waals surface area contributed by atoms with Gasteiger partial charge in [0.05, 0.1) is 26.4 Å². The summed E-state index contributed by atoms with van der Waals surface area (Å²) in [5.74, 6) is -1.31. The standard InChI is InChI=1S/C7H10O3.C2H5NO2/c1-5(7(8)9-2)3-6-4-10-6;3-1-2(4)5/h6H,1,3-4H2,2H3;1,3H2,(H,4,5). The average molecular weight is 217 g/mol. The van der Waals surface area contributed by atoms with Crippen LogP contribution in [0.2, 0.25) is 0 Å². The van der Waals surface area contributed by atoms with Crippen molar-refractivity contribution in [3.05, 3.63) is 12.2 Å². The first kappa shape index (κ1) is 13.6. The molecule has 1 saturated heterocycles. The number of carbonyl (C=O) groups is 2. The van der Waals surface area contributed by atoms with Crippen LogP contribution in [-0.2, 0) is 19.1 Å². The Hall–Kier alpha value is -1.40. The summed E-state index contributed by atoms with van der Waals surface area (Å²) in [4.78, 5) is 19.9. The van der Waals surface area contributed by atoms with Crippen LogP contribution in [0.4, 0.5) is 0 Å². The minimum atomic E-state index is -0.968. The van der Waals surface area contributed by atoms with Gasteiger partial charge in [0.2, 0.25) is 0 Å². The van der Waals surface area contributed by atoms with Crippen molar-refractivity contribution in [2.75, 3.05) is 20.3 Å². The third kappa shape index (κ3) is 7.65. The van der Waals surface area contributed by atoms with Crippen LogP contribution in [-0.4, -0.2) is 43.4 Å². The second kappa shape index (κ2) is 6.97. The molecule has 0 bridgehead atoms. The molecule has 3 N–H and O–H groups in total. The van der Waals surface area contributed by atoms with Gasteiger partial charge in [-0.05, 0) is 0 Å². The number of hydrogen-bond donors (Lipinski definition) is 2. The molecule has 6 heteroatoms. The van der Waals surface area contributed by atoms with Crippen molar-refractivity contribution < 1.29 is 24.2 Å². The van der Waals surface area contributed by atoms with Gasteiger partial charge in [-0.15, -0.1) is 0 Å². The Morgan fingerprint density at radius 3 is 2.40 bits per heavy atom. The maximum atomic E-state index is 10.7. The van der Waals surface area contributed by atoms with E-state index in [1.165, 1.54) is 7.11 Å². The second-order valence-electron chi connectivity index (χ2n) is 2.85. The van der Waals surface area contributed by atoms with Crippen molar-refractivity contribution in [1.82, 2.24) is 0 Å². The lowest BCUT2D eigenvalue weighted by atomic mass is 10.2. The van der Waals surface area contributed by atoms with E-state index >= 15 is 0 Å². The van der Waals surface area contributed by atoms with Crippen LogP contribution >= 0.6 is 0 Å². The van der Waals surface area contributed by atoms with Crippen molar-refractivity contribution in [2.24, 2.45) is 5.73 Å². The van der Waals surface area contributed by atoms with Crippen LogP contribution in [0, 0.1) is 0 Å². The molecule has 0 aromatic carbocycles. The number of nitrogens with two attached hydrogens (primary N) is 1. The SMILES string of the molecule is C=C(CC1CO1)C(=O)OC.NCC(=O)O. The van der Waals surface area contributed by atoms with Gasteiger partial charge >= 0.3 is 11.9 Å². The van der Waals surface area contributed by atoms with Gasteiger partial charge < -0.3 is 20.3 Å². The number of esters is 1. The summed E-state index contributed by atoms with van der Waals surface area (Å²) in [5, 5.41) is 7.60. The Labute approximate surface area is 87.7 Å². The number of rotatable bonds is 4. The lowest BCUT2D eigenvalue weighted by Gasteiger charge is -1.98. The summed E-state index contributed by atoms with van der Waals surface area (Å²) in [6.45, 7) is 4.02. The monoisotopic (exact) mass is 217 g/mol. The smallest absolute Gasteiger partial charge is 0.333 e.